The Labute approximate surface area is 74.2 Å². The second-order valence-corrected chi connectivity index (χ2v) is 2.28. The van der Waals surface area contributed by atoms with Gasteiger partial charge in [-0.05, 0) is 12.1 Å². The number of para-hydroxylation sites is 2. The molecule has 1 aromatic rings. The molecule has 0 spiro atoms. The van der Waals surface area contributed by atoms with E-state index < -0.39 is 6.09 Å². The van der Waals surface area contributed by atoms with Crippen LogP contribution >= 0.6 is 0 Å². The Hall–Kier alpha value is -1.91. The number of hydrogen-bond acceptors (Lipinski definition) is 3. The second kappa shape index (κ2) is 4.20. The van der Waals surface area contributed by atoms with E-state index in [2.05, 4.69) is 15.7 Å². The van der Waals surface area contributed by atoms with Gasteiger partial charge in [0.05, 0.1) is 10.7 Å². The summed E-state index contributed by atoms with van der Waals surface area (Å²) in [5, 5.41) is 9.25. The van der Waals surface area contributed by atoms with Crippen molar-refractivity contribution in [2.75, 3.05) is 6.67 Å². The van der Waals surface area contributed by atoms with Gasteiger partial charge < -0.3 is 10.8 Å². The van der Waals surface area contributed by atoms with Crippen molar-refractivity contribution in [1.82, 2.24) is 0 Å². The minimum atomic E-state index is -1.33. The molecule has 5 heteroatoms. The number of carboxylic acid groups (broad SMARTS) is 1. The zero-order valence-corrected chi connectivity index (χ0v) is 6.84. The van der Waals surface area contributed by atoms with Crippen LogP contribution in [0.15, 0.2) is 34.3 Å². The molecule has 3 N–H and O–H groups in total. The molecule has 0 aliphatic carbocycles. The first kappa shape index (κ1) is 9.18. The lowest BCUT2D eigenvalue weighted by atomic mass is 10.3. The molecule has 0 saturated carbocycles. The Balaban J connectivity index is 0.000000184. The molecule has 0 bridgehead atoms. The van der Waals surface area contributed by atoms with Gasteiger partial charge in [-0.3, -0.25) is 9.98 Å². The van der Waals surface area contributed by atoms with Crippen molar-refractivity contribution < 1.29 is 9.90 Å². The van der Waals surface area contributed by atoms with Gasteiger partial charge in [-0.25, -0.2) is 4.79 Å². The van der Waals surface area contributed by atoms with Crippen molar-refractivity contribution in [1.29, 1.82) is 0 Å². The number of amides is 1. The van der Waals surface area contributed by atoms with Crippen LogP contribution < -0.4 is 16.4 Å². The zero-order valence-electron chi connectivity index (χ0n) is 6.84. The van der Waals surface area contributed by atoms with E-state index in [0.717, 1.165) is 10.7 Å². The van der Waals surface area contributed by atoms with Crippen molar-refractivity contribution in [3.63, 3.8) is 0 Å². The maximum absolute atomic E-state index is 8.78. The van der Waals surface area contributed by atoms with Gasteiger partial charge in [-0.2, -0.15) is 0 Å². The van der Waals surface area contributed by atoms with Crippen LogP contribution in [0.1, 0.15) is 0 Å². The average Bonchev–Trinajstić information content (AvgIpc) is 2.49. The monoisotopic (exact) mass is 179 g/mol. The second-order valence-electron chi connectivity index (χ2n) is 2.28. The van der Waals surface area contributed by atoms with Crippen LogP contribution in [0.3, 0.4) is 0 Å². The SMILES string of the molecule is NC(=O)O.c1ccc2c(c1)=NCN=2. The van der Waals surface area contributed by atoms with Crippen LogP contribution in [0, 0.1) is 0 Å². The molecule has 0 unspecified atom stereocenters. The van der Waals surface area contributed by atoms with Crippen molar-refractivity contribution in [2.45, 2.75) is 0 Å². The van der Waals surface area contributed by atoms with E-state index >= 15 is 0 Å². The largest absolute Gasteiger partial charge is 0.465 e. The Kier molecular flexibility index (Phi) is 2.97. The Morgan fingerprint density at radius 2 is 1.69 bits per heavy atom. The summed E-state index contributed by atoms with van der Waals surface area (Å²) in [6, 6.07) is 7.91. The van der Waals surface area contributed by atoms with Crippen molar-refractivity contribution in [2.24, 2.45) is 15.7 Å². The molecule has 2 rings (SSSR count). The first-order valence-corrected chi connectivity index (χ1v) is 3.62. The van der Waals surface area contributed by atoms with E-state index in [1.54, 1.807) is 0 Å². The molecule has 0 atom stereocenters. The number of fused-ring (bicyclic) bond motifs is 1. The number of rotatable bonds is 0. The molecule has 13 heavy (non-hydrogen) atoms. The van der Waals surface area contributed by atoms with Gasteiger partial charge in [0.2, 0.25) is 0 Å². The fourth-order valence-electron chi connectivity index (χ4n) is 0.919. The molecule has 0 aromatic heterocycles. The minimum Gasteiger partial charge on any atom is -0.465 e. The molecule has 1 amide bonds. The van der Waals surface area contributed by atoms with Crippen LogP contribution in [0.2, 0.25) is 0 Å². The lowest BCUT2D eigenvalue weighted by Crippen LogP contribution is -2.19. The lowest BCUT2D eigenvalue weighted by Gasteiger charge is -1.76. The highest BCUT2D eigenvalue weighted by Crippen LogP contribution is 1.77. The Morgan fingerprint density at radius 3 is 2.08 bits per heavy atom. The van der Waals surface area contributed by atoms with Crippen LogP contribution in [-0.2, 0) is 0 Å². The highest BCUT2D eigenvalue weighted by atomic mass is 16.4. The van der Waals surface area contributed by atoms with Gasteiger partial charge in [-0.15, -0.1) is 0 Å². The van der Waals surface area contributed by atoms with Gasteiger partial charge in [0.15, 0.2) is 0 Å². The molecule has 1 aliphatic heterocycles. The van der Waals surface area contributed by atoms with E-state index in [-0.39, 0.29) is 0 Å². The topological polar surface area (TPSA) is 88.0 Å². The predicted molar refractivity (Wildman–Crippen MR) is 45.8 cm³/mol. The summed E-state index contributed by atoms with van der Waals surface area (Å²) < 4.78 is 0. The third-order valence-electron chi connectivity index (χ3n) is 1.36. The van der Waals surface area contributed by atoms with Gasteiger partial charge in [0.25, 0.3) is 0 Å². The summed E-state index contributed by atoms with van der Waals surface area (Å²) >= 11 is 0. The summed E-state index contributed by atoms with van der Waals surface area (Å²) in [6.45, 7) is 0.610. The zero-order chi connectivity index (χ0) is 9.68. The van der Waals surface area contributed by atoms with E-state index in [1.807, 2.05) is 24.3 Å². The Morgan fingerprint density at radius 1 is 1.31 bits per heavy atom. The normalized spacial score (nSPS) is 11.4. The van der Waals surface area contributed by atoms with Gasteiger partial charge in [-0.1, -0.05) is 12.1 Å². The van der Waals surface area contributed by atoms with E-state index in [9.17, 15) is 0 Å². The summed E-state index contributed by atoms with van der Waals surface area (Å²) in [6.07, 6.45) is -1.33. The summed E-state index contributed by atoms with van der Waals surface area (Å²) in [7, 11) is 0. The molecule has 68 valence electrons. The van der Waals surface area contributed by atoms with E-state index in [4.69, 9.17) is 9.90 Å². The van der Waals surface area contributed by atoms with Crippen LogP contribution in [0.4, 0.5) is 4.79 Å². The molecule has 1 aliphatic rings. The minimum absolute atomic E-state index is 0.610. The fourth-order valence-corrected chi connectivity index (χ4v) is 0.919. The van der Waals surface area contributed by atoms with Gasteiger partial charge in [0, 0.05) is 0 Å². The molecule has 1 heterocycles. The number of nitrogens with zero attached hydrogens (tertiary/aromatic N) is 2. The number of nitrogens with two attached hydrogens (primary N) is 1. The molecule has 0 radical (unpaired) electrons. The standard InChI is InChI=1S/C7H6N2.CH3NO2/c1-2-4-7-6(3-1)8-5-9-7;2-1(3)4/h1-4H,5H2;2H2,(H,3,4). The molecule has 0 fully saturated rings. The third kappa shape index (κ3) is 2.90. The van der Waals surface area contributed by atoms with Crippen LogP contribution in [0.25, 0.3) is 0 Å². The molecular weight excluding hydrogens is 170 g/mol. The molecule has 0 saturated heterocycles. The summed E-state index contributed by atoms with van der Waals surface area (Å²) in [5.74, 6) is 0. The van der Waals surface area contributed by atoms with Crippen LogP contribution in [0.5, 0.6) is 0 Å². The number of benzene rings is 1. The Bertz CT molecular complexity index is 377. The maximum atomic E-state index is 8.78. The summed E-state index contributed by atoms with van der Waals surface area (Å²) in [5.41, 5.74) is 4.03. The molecular formula is C8H9N3O2. The third-order valence-corrected chi connectivity index (χ3v) is 1.36. The number of hydrogen-bond donors (Lipinski definition) is 2. The predicted octanol–water partition coefficient (Wildman–Crippen LogP) is -0.480. The molecule has 5 nitrogen and oxygen atoms in total. The van der Waals surface area contributed by atoms with Gasteiger partial charge >= 0.3 is 6.09 Å². The lowest BCUT2D eigenvalue weighted by molar-refractivity contribution is 0.205. The smallest absolute Gasteiger partial charge is 0.402 e. The van der Waals surface area contributed by atoms with E-state index in [0.29, 0.717) is 6.67 Å². The van der Waals surface area contributed by atoms with Crippen molar-refractivity contribution in [3.05, 3.63) is 35.0 Å². The molecule has 1 aromatic carbocycles. The number of primary amides is 1. The quantitative estimate of drug-likeness (QED) is 0.563. The van der Waals surface area contributed by atoms with Crippen LogP contribution in [-0.4, -0.2) is 17.9 Å². The summed E-state index contributed by atoms with van der Waals surface area (Å²) in [4.78, 5) is 17.0. The van der Waals surface area contributed by atoms with E-state index in [1.165, 1.54) is 0 Å². The highest BCUT2D eigenvalue weighted by molar-refractivity contribution is 5.61. The average molecular weight is 179 g/mol. The first-order valence-electron chi connectivity index (χ1n) is 3.62. The number of carbonyl (C=O) groups is 1. The highest BCUT2D eigenvalue weighted by Gasteiger charge is 1.90. The first-order chi connectivity index (χ1) is 6.20. The fraction of sp³-hybridized carbons (Fsp3) is 0.125. The van der Waals surface area contributed by atoms with Crippen molar-refractivity contribution in [3.8, 4) is 0 Å². The van der Waals surface area contributed by atoms with Crippen molar-refractivity contribution >= 4 is 6.09 Å². The maximum Gasteiger partial charge on any atom is 0.402 e. The van der Waals surface area contributed by atoms with Gasteiger partial charge in [0.1, 0.15) is 6.67 Å².